The van der Waals surface area contributed by atoms with Crippen LogP contribution >= 0.6 is 0 Å². The Balaban J connectivity index is 1.31. The van der Waals surface area contributed by atoms with E-state index in [0.29, 0.717) is 29.2 Å². The van der Waals surface area contributed by atoms with E-state index in [-0.39, 0.29) is 11.9 Å². The van der Waals surface area contributed by atoms with Gasteiger partial charge in [-0.3, -0.25) is 0 Å². The van der Waals surface area contributed by atoms with Crippen LogP contribution in [0.25, 0.3) is 16.9 Å². The summed E-state index contributed by atoms with van der Waals surface area (Å²) in [5.74, 6) is 0.696. The number of aryl methyl sites for hydroxylation is 1. The van der Waals surface area contributed by atoms with E-state index in [4.69, 9.17) is 4.74 Å². The maximum atomic E-state index is 10.5. The molecule has 7 nitrogen and oxygen atoms in total. The van der Waals surface area contributed by atoms with Gasteiger partial charge in [-0.05, 0) is 50.8 Å². The van der Waals surface area contributed by atoms with E-state index in [1.165, 1.54) is 12.8 Å². The van der Waals surface area contributed by atoms with E-state index >= 15 is 0 Å². The molecule has 2 aliphatic heterocycles. The fourth-order valence-electron chi connectivity index (χ4n) is 4.26. The Labute approximate surface area is 163 Å². The molecule has 1 aromatic carbocycles. The van der Waals surface area contributed by atoms with Crippen molar-refractivity contribution >= 4 is 0 Å². The number of aromatic nitrogens is 4. The number of benzene rings is 1. The van der Waals surface area contributed by atoms with Crippen LogP contribution in [0.5, 0.6) is 11.6 Å². The number of aromatic hydroxyl groups is 1. The lowest BCUT2D eigenvalue weighted by Gasteiger charge is -2.28. The van der Waals surface area contributed by atoms with Crippen LogP contribution in [0.4, 0.5) is 0 Å². The summed E-state index contributed by atoms with van der Waals surface area (Å²) in [5.41, 5.74) is 3.02. The van der Waals surface area contributed by atoms with E-state index < -0.39 is 0 Å². The Bertz CT molecular complexity index is 973. The van der Waals surface area contributed by atoms with Gasteiger partial charge < -0.3 is 19.7 Å². The largest absolute Gasteiger partial charge is 0.507 e. The van der Waals surface area contributed by atoms with Gasteiger partial charge in [-0.15, -0.1) is 10.2 Å². The smallest absolute Gasteiger partial charge is 0.233 e. The van der Waals surface area contributed by atoms with E-state index in [9.17, 15) is 5.11 Å². The average molecular weight is 377 g/mol. The number of imidazole rings is 1. The quantitative estimate of drug-likeness (QED) is 0.727. The molecule has 2 N–H and O–H groups in total. The molecule has 144 valence electrons. The highest BCUT2D eigenvalue weighted by atomic mass is 16.5. The van der Waals surface area contributed by atoms with Crippen molar-refractivity contribution in [2.45, 2.75) is 50.8 Å². The fourth-order valence-corrected chi connectivity index (χ4v) is 4.26. The monoisotopic (exact) mass is 377 g/mol. The van der Waals surface area contributed by atoms with Crippen molar-refractivity contribution in [2.75, 3.05) is 0 Å². The topological polar surface area (TPSA) is 85.1 Å². The normalized spacial score (nSPS) is 23.7. The second-order valence-corrected chi connectivity index (χ2v) is 7.73. The Kier molecular flexibility index (Phi) is 4.24. The number of phenols is 1. The van der Waals surface area contributed by atoms with Gasteiger partial charge in [-0.2, -0.15) is 0 Å². The molecule has 2 saturated heterocycles. The van der Waals surface area contributed by atoms with Crippen LogP contribution < -0.4 is 10.1 Å². The van der Waals surface area contributed by atoms with Gasteiger partial charge in [-0.1, -0.05) is 0 Å². The first-order valence-electron chi connectivity index (χ1n) is 9.75. The van der Waals surface area contributed by atoms with Crippen molar-refractivity contribution in [3.8, 4) is 28.6 Å². The molecule has 28 heavy (non-hydrogen) atoms. The van der Waals surface area contributed by atoms with Crippen LogP contribution in [0.2, 0.25) is 0 Å². The molecule has 2 aliphatic rings. The third kappa shape index (κ3) is 3.33. The number of hydrogen-bond acceptors (Lipinski definition) is 6. The van der Waals surface area contributed by atoms with E-state index in [1.807, 2.05) is 42.0 Å². The Morgan fingerprint density at radius 3 is 2.57 bits per heavy atom. The first-order chi connectivity index (χ1) is 13.6. The number of fused-ring (bicyclic) bond motifs is 2. The van der Waals surface area contributed by atoms with Crippen LogP contribution in [0.15, 0.2) is 42.9 Å². The molecule has 5 rings (SSSR count). The van der Waals surface area contributed by atoms with E-state index in [1.54, 1.807) is 12.4 Å². The summed E-state index contributed by atoms with van der Waals surface area (Å²) in [4.78, 5) is 4.22. The molecule has 0 unspecified atom stereocenters. The molecule has 3 atom stereocenters. The molecule has 7 heteroatoms. The predicted molar refractivity (Wildman–Crippen MR) is 105 cm³/mol. The zero-order valence-corrected chi connectivity index (χ0v) is 15.7. The van der Waals surface area contributed by atoms with Crippen molar-refractivity contribution in [3.05, 3.63) is 48.5 Å². The van der Waals surface area contributed by atoms with Crippen LogP contribution in [-0.2, 0) is 0 Å². The molecule has 3 aromatic rings. The number of ether oxygens (including phenoxy) is 1. The number of phenolic OH excluding ortho intramolecular Hbond substituents is 1. The molecule has 4 heterocycles. The van der Waals surface area contributed by atoms with Crippen LogP contribution in [-0.4, -0.2) is 43.0 Å². The lowest BCUT2D eigenvalue weighted by atomic mass is 10.0. The molecule has 2 bridgehead atoms. The Hall–Kier alpha value is -2.93. The predicted octanol–water partition coefficient (Wildman–Crippen LogP) is 3.01. The lowest BCUT2D eigenvalue weighted by Crippen LogP contribution is -2.42. The van der Waals surface area contributed by atoms with Gasteiger partial charge in [0, 0.05) is 36.0 Å². The summed E-state index contributed by atoms with van der Waals surface area (Å²) in [5, 5.41) is 22.6. The highest BCUT2D eigenvalue weighted by Gasteiger charge is 2.34. The average Bonchev–Trinajstić information content (AvgIpc) is 3.27. The number of nitrogens with one attached hydrogen (secondary N) is 1. The second-order valence-electron chi connectivity index (χ2n) is 7.73. The van der Waals surface area contributed by atoms with Gasteiger partial charge in [0.15, 0.2) is 0 Å². The first-order valence-corrected chi connectivity index (χ1v) is 9.75. The molecule has 0 radical (unpaired) electrons. The fraction of sp³-hybridized carbons (Fsp3) is 0.381. The molecule has 0 aliphatic carbocycles. The molecular weight excluding hydrogens is 354 g/mol. The standard InChI is InChI=1S/C21H23N5O2/c1-13-11-26(12-22-13)16-4-5-18(20(27)10-16)19-6-7-21(25-24-19)28-17-8-14-2-3-15(9-17)23-14/h4-7,10-12,14-15,17,23,27H,2-3,8-9H2,1H3/t14-,15+,17+. The number of rotatable bonds is 4. The molecular formula is C21H23N5O2. The summed E-state index contributed by atoms with van der Waals surface area (Å²) >= 11 is 0. The first kappa shape index (κ1) is 17.2. The molecule has 0 saturated carbocycles. The van der Waals surface area contributed by atoms with Gasteiger partial charge in [0.2, 0.25) is 5.88 Å². The number of hydrogen-bond donors (Lipinski definition) is 2. The van der Waals surface area contributed by atoms with Crippen molar-refractivity contribution in [2.24, 2.45) is 0 Å². The minimum absolute atomic E-state index is 0.154. The maximum Gasteiger partial charge on any atom is 0.233 e. The van der Waals surface area contributed by atoms with Crippen LogP contribution in [0.1, 0.15) is 31.4 Å². The zero-order chi connectivity index (χ0) is 19.1. The summed E-state index contributed by atoms with van der Waals surface area (Å²) in [6.45, 7) is 1.93. The summed E-state index contributed by atoms with van der Waals surface area (Å²) in [6, 6.07) is 10.3. The molecule has 0 amide bonds. The van der Waals surface area contributed by atoms with Crippen molar-refractivity contribution in [1.82, 2.24) is 25.1 Å². The van der Waals surface area contributed by atoms with Gasteiger partial charge in [0.05, 0.1) is 23.4 Å². The Morgan fingerprint density at radius 2 is 1.93 bits per heavy atom. The van der Waals surface area contributed by atoms with Gasteiger partial charge in [0.25, 0.3) is 0 Å². The third-order valence-electron chi connectivity index (χ3n) is 5.62. The van der Waals surface area contributed by atoms with Crippen LogP contribution in [0.3, 0.4) is 0 Å². The third-order valence-corrected chi connectivity index (χ3v) is 5.62. The highest BCUT2D eigenvalue weighted by molar-refractivity contribution is 5.68. The molecule has 2 fully saturated rings. The van der Waals surface area contributed by atoms with Crippen molar-refractivity contribution in [3.63, 3.8) is 0 Å². The minimum Gasteiger partial charge on any atom is -0.507 e. The second kappa shape index (κ2) is 6.91. The van der Waals surface area contributed by atoms with E-state index in [2.05, 4.69) is 20.5 Å². The summed E-state index contributed by atoms with van der Waals surface area (Å²) in [7, 11) is 0. The maximum absolute atomic E-state index is 10.5. The van der Waals surface area contributed by atoms with Gasteiger partial charge >= 0.3 is 0 Å². The SMILES string of the molecule is Cc1cn(-c2ccc(-c3ccc(O[C@H]4C[C@H]5CC[C@@H](C4)N5)nn3)c(O)c2)cn1. The molecule has 2 aromatic heterocycles. The number of nitrogens with zero attached hydrogens (tertiary/aromatic N) is 4. The summed E-state index contributed by atoms with van der Waals surface area (Å²) < 4.78 is 7.92. The van der Waals surface area contributed by atoms with Crippen molar-refractivity contribution < 1.29 is 9.84 Å². The van der Waals surface area contributed by atoms with Crippen LogP contribution in [0, 0.1) is 6.92 Å². The van der Waals surface area contributed by atoms with E-state index in [0.717, 1.165) is 24.2 Å². The minimum atomic E-state index is 0.154. The van der Waals surface area contributed by atoms with Gasteiger partial charge in [0.1, 0.15) is 11.9 Å². The summed E-state index contributed by atoms with van der Waals surface area (Å²) in [6.07, 6.45) is 8.36. The highest BCUT2D eigenvalue weighted by Crippen LogP contribution is 2.31. The molecule has 0 spiro atoms. The number of piperidine rings is 1. The van der Waals surface area contributed by atoms with Gasteiger partial charge in [-0.25, -0.2) is 4.98 Å². The van der Waals surface area contributed by atoms with Crippen molar-refractivity contribution in [1.29, 1.82) is 0 Å². The lowest BCUT2D eigenvalue weighted by molar-refractivity contribution is 0.130. The Morgan fingerprint density at radius 1 is 1.11 bits per heavy atom. The zero-order valence-electron chi connectivity index (χ0n) is 15.7.